The Morgan fingerprint density at radius 3 is 1.78 bits per heavy atom. The van der Waals surface area contributed by atoms with Crippen molar-refractivity contribution >= 4 is 22.9 Å². The van der Waals surface area contributed by atoms with Crippen molar-refractivity contribution < 1.29 is 0 Å². The Morgan fingerprint density at radius 2 is 1.28 bits per heavy atom. The number of rotatable bonds is 4. The minimum Gasteiger partial charge on any atom is -0.249 e. The van der Waals surface area contributed by atoms with Gasteiger partial charge in [-0.15, -0.1) is 0 Å². The van der Waals surface area contributed by atoms with E-state index in [1.165, 1.54) is 16.7 Å². The van der Waals surface area contributed by atoms with Gasteiger partial charge in [0.05, 0.1) is 6.04 Å². The van der Waals surface area contributed by atoms with Crippen LogP contribution in [-0.2, 0) is 0 Å². The molecule has 2 rings (SSSR count). The Morgan fingerprint density at radius 1 is 0.778 bits per heavy atom. The standard InChI is InChI=1S/C16H18IN/c1-12(2)13-8-10-15(11-9-13)16(18-17)14-6-4-3-5-7-14/h3-12,16,18H,1-2H3/t16-/m0/s1. The van der Waals surface area contributed by atoms with Crippen LogP contribution in [0.15, 0.2) is 54.6 Å². The van der Waals surface area contributed by atoms with Gasteiger partial charge in [-0.2, -0.15) is 0 Å². The van der Waals surface area contributed by atoms with Crippen LogP contribution in [0.5, 0.6) is 0 Å². The largest absolute Gasteiger partial charge is 0.249 e. The molecule has 0 saturated heterocycles. The van der Waals surface area contributed by atoms with Gasteiger partial charge in [-0.1, -0.05) is 68.4 Å². The molecule has 0 aliphatic rings. The molecular formula is C16H18IN. The molecule has 0 heterocycles. The van der Waals surface area contributed by atoms with Crippen LogP contribution >= 0.6 is 22.9 Å². The maximum atomic E-state index is 3.35. The summed E-state index contributed by atoms with van der Waals surface area (Å²) in [6.07, 6.45) is 0. The summed E-state index contributed by atoms with van der Waals surface area (Å²) >= 11 is 2.23. The van der Waals surface area contributed by atoms with Crippen molar-refractivity contribution in [1.82, 2.24) is 3.53 Å². The van der Waals surface area contributed by atoms with E-state index in [2.05, 4.69) is 94.8 Å². The molecule has 2 aromatic rings. The Kier molecular flexibility index (Phi) is 4.78. The Hall–Kier alpha value is -0.870. The molecule has 0 unspecified atom stereocenters. The number of hydrogen-bond donors (Lipinski definition) is 1. The van der Waals surface area contributed by atoms with Gasteiger partial charge < -0.3 is 0 Å². The number of nitrogens with one attached hydrogen (secondary N) is 1. The van der Waals surface area contributed by atoms with Crippen molar-refractivity contribution in [2.75, 3.05) is 0 Å². The first-order chi connectivity index (χ1) is 8.72. The molecule has 0 bridgehead atoms. The van der Waals surface area contributed by atoms with Gasteiger partial charge in [0.25, 0.3) is 0 Å². The number of hydrogen-bond acceptors (Lipinski definition) is 1. The zero-order valence-electron chi connectivity index (χ0n) is 10.7. The number of halogens is 1. The molecule has 18 heavy (non-hydrogen) atoms. The summed E-state index contributed by atoms with van der Waals surface area (Å²) in [6.45, 7) is 4.44. The van der Waals surface area contributed by atoms with E-state index in [-0.39, 0.29) is 6.04 Å². The average molecular weight is 351 g/mol. The highest BCUT2D eigenvalue weighted by molar-refractivity contribution is 14.1. The lowest BCUT2D eigenvalue weighted by Crippen LogP contribution is -2.12. The van der Waals surface area contributed by atoms with E-state index in [1.807, 2.05) is 0 Å². The fourth-order valence-corrected chi connectivity index (χ4v) is 2.76. The fourth-order valence-electron chi connectivity index (χ4n) is 2.04. The Labute approximate surface area is 123 Å². The lowest BCUT2D eigenvalue weighted by atomic mass is 9.96. The van der Waals surface area contributed by atoms with Crippen molar-refractivity contribution in [3.63, 3.8) is 0 Å². The van der Waals surface area contributed by atoms with E-state index in [0.717, 1.165) is 0 Å². The smallest absolute Gasteiger partial charge is 0.0664 e. The summed E-state index contributed by atoms with van der Waals surface area (Å²) in [5.41, 5.74) is 3.99. The van der Waals surface area contributed by atoms with Gasteiger partial charge in [-0.05, 0) is 22.6 Å². The molecule has 0 aliphatic heterocycles. The zero-order valence-corrected chi connectivity index (χ0v) is 12.9. The van der Waals surface area contributed by atoms with E-state index < -0.39 is 0 Å². The predicted octanol–water partition coefficient (Wildman–Crippen LogP) is 4.84. The minimum atomic E-state index is 0.257. The topological polar surface area (TPSA) is 12.0 Å². The van der Waals surface area contributed by atoms with Crippen LogP contribution in [0, 0.1) is 0 Å². The molecule has 0 saturated carbocycles. The third kappa shape index (κ3) is 3.12. The molecule has 1 atom stereocenters. The van der Waals surface area contributed by atoms with Gasteiger partial charge in [0.2, 0.25) is 0 Å². The van der Waals surface area contributed by atoms with Crippen LogP contribution in [0.25, 0.3) is 0 Å². The average Bonchev–Trinajstić information content (AvgIpc) is 2.41. The molecule has 0 spiro atoms. The van der Waals surface area contributed by atoms with Crippen LogP contribution in [0.2, 0.25) is 0 Å². The molecule has 0 fully saturated rings. The molecule has 0 aromatic heterocycles. The first-order valence-electron chi connectivity index (χ1n) is 6.23. The van der Waals surface area contributed by atoms with Crippen LogP contribution in [-0.4, -0.2) is 0 Å². The second-order valence-electron chi connectivity index (χ2n) is 4.77. The van der Waals surface area contributed by atoms with Gasteiger partial charge in [0, 0.05) is 22.9 Å². The third-order valence-corrected chi connectivity index (χ3v) is 3.80. The van der Waals surface area contributed by atoms with Crippen molar-refractivity contribution in [3.8, 4) is 0 Å². The molecule has 2 aromatic carbocycles. The van der Waals surface area contributed by atoms with E-state index in [4.69, 9.17) is 0 Å². The highest BCUT2D eigenvalue weighted by atomic mass is 127. The third-order valence-electron chi connectivity index (χ3n) is 3.18. The van der Waals surface area contributed by atoms with E-state index in [1.54, 1.807) is 0 Å². The maximum Gasteiger partial charge on any atom is 0.0664 e. The summed E-state index contributed by atoms with van der Waals surface area (Å²) in [6, 6.07) is 19.7. The second-order valence-corrected chi connectivity index (χ2v) is 5.40. The summed E-state index contributed by atoms with van der Waals surface area (Å²) < 4.78 is 3.35. The highest BCUT2D eigenvalue weighted by Gasteiger charge is 2.12. The maximum absolute atomic E-state index is 3.35. The number of benzene rings is 2. The molecule has 1 N–H and O–H groups in total. The van der Waals surface area contributed by atoms with Crippen LogP contribution < -0.4 is 3.53 Å². The Balaban J connectivity index is 2.28. The molecule has 94 valence electrons. The first kappa shape index (κ1) is 13.6. The summed E-state index contributed by atoms with van der Waals surface area (Å²) in [7, 11) is 0. The molecule has 0 aliphatic carbocycles. The summed E-state index contributed by atoms with van der Waals surface area (Å²) in [4.78, 5) is 0. The lowest BCUT2D eigenvalue weighted by molar-refractivity contribution is 0.821. The molecule has 0 radical (unpaired) electrons. The molecular weight excluding hydrogens is 333 g/mol. The van der Waals surface area contributed by atoms with Gasteiger partial charge in [-0.25, -0.2) is 3.53 Å². The van der Waals surface area contributed by atoms with E-state index >= 15 is 0 Å². The molecule has 1 nitrogen and oxygen atoms in total. The molecule has 0 amide bonds. The first-order valence-corrected chi connectivity index (χ1v) is 7.31. The van der Waals surface area contributed by atoms with Crippen molar-refractivity contribution in [1.29, 1.82) is 0 Å². The van der Waals surface area contributed by atoms with Crippen molar-refractivity contribution in [3.05, 3.63) is 71.3 Å². The Bertz CT molecular complexity index is 476. The lowest BCUT2D eigenvalue weighted by Gasteiger charge is -2.17. The minimum absolute atomic E-state index is 0.257. The van der Waals surface area contributed by atoms with Crippen LogP contribution in [0.1, 0.15) is 42.5 Å². The monoisotopic (exact) mass is 351 g/mol. The molecule has 2 heteroatoms. The SMILES string of the molecule is CC(C)c1ccc([C@@H](NI)c2ccccc2)cc1. The van der Waals surface area contributed by atoms with E-state index in [0.29, 0.717) is 5.92 Å². The van der Waals surface area contributed by atoms with Crippen molar-refractivity contribution in [2.24, 2.45) is 0 Å². The van der Waals surface area contributed by atoms with E-state index in [9.17, 15) is 0 Å². The fraction of sp³-hybridized carbons (Fsp3) is 0.250. The second kappa shape index (κ2) is 6.34. The predicted molar refractivity (Wildman–Crippen MR) is 86.0 cm³/mol. The summed E-state index contributed by atoms with van der Waals surface area (Å²) in [5, 5.41) is 0. The quantitative estimate of drug-likeness (QED) is 0.614. The van der Waals surface area contributed by atoms with Gasteiger partial charge in [-0.3, -0.25) is 0 Å². The normalized spacial score (nSPS) is 12.7. The van der Waals surface area contributed by atoms with Gasteiger partial charge in [0.1, 0.15) is 0 Å². The van der Waals surface area contributed by atoms with Crippen LogP contribution in [0.4, 0.5) is 0 Å². The van der Waals surface area contributed by atoms with Crippen molar-refractivity contribution in [2.45, 2.75) is 25.8 Å². The summed E-state index contributed by atoms with van der Waals surface area (Å²) in [5.74, 6) is 0.585. The van der Waals surface area contributed by atoms with Gasteiger partial charge in [0.15, 0.2) is 0 Å². The van der Waals surface area contributed by atoms with Crippen LogP contribution in [0.3, 0.4) is 0 Å². The zero-order chi connectivity index (χ0) is 13.0. The van der Waals surface area contributed by atoms with Gasteiger partial charge >= 0.3 is 0 Å². The highest BCUT2D eigenvalue weighted by Crippen LogP contribution is 2.24.